The van der Waals surface area contributed by atoms with E-state index in [0.29, 0.717) is 6.42 Å². The molecule has 5 nitrogen and oxygen atoms in total. The molecule has 1 unspecified atom stereocenters. The van der Waals surface area contributed by atoms with Crippen LogP contribution < -0.4 is 0 Å². The molecule has 0 saturated heterocycles. The summed E-state index contributed by atoms with van der Waals surface area (Å²) in [5, 5.41) is 7.40. The molecule has 0 amide bonds. The summed E-state index contributed by atoms with van der Waals surface area (Å²) >= 11 is 0. The van der Waals surface area contributed by atoms with Crippen molar-refractivity contribution >= 4 is 17.9 Å². The van der Waals surface area contributed by atoms with Crippen molar-refractivity contribution in [1.82, 2.24) is 0 Å². The van der Waals surface area contributed by atoms with Crippen LogP contribution in [0.25, 0.3) is 0 Å². The highest BCUT2D eigenvalue weighted by Crippen LogP contribution is 2.32. The summed E-state index contributed by atoms with van der Waals surface area (Å²) in [6.45, 7) is 9.40. The number of hydrogen-bond donors (Lipinski definition) is 0. The zero-order valence-corrected chi connectivity index (χ0v) is 10.4. The fraction of sp³-hybridized carbons (Fsp3) is 0.727. The van der Waals surface area contributed by atoms with Gasteiger partial charge in [0.05, 0.1) is 5.71 Å². The van der Waals surface area contributed by atoms with Crippen molar-refractivity contribution in [1.29, 1.82) is 0 Å². The van der Waals surface area contributed by atoms with Gasteiger partial charge in [-0.2, -0.15) is 0 Å². The molecule has 0 aromatic heterocycles. The predicted molar refractivity (Wildman–Crippen MR) is 61.3 cm³/mol. The lowest BCUT2D eigenvalue weighted by Gasteiger charge is -2.20. The number of hydrogen-bond acceptors (Lipinski definition) is 5. The van der Waals surface area contributed by atoms with Gasteiger partial charge in [0.2, 0.25) is 5.60 Å². The first kappa shape index (κ1) is 12.7. The van der Waals surface area contributed by atoms with Crippen molar-refractivity contribution in [3.05, 3.63) is 0 Å². The second-order valence-electron chi connectivity index (χ2n) is 5.03. The molecule has 0 fully saturated rings. The Hall–Kier alpha value is -1.39. The zero-order chi connectivity index (χ0) is 12.4. The van der Waals surface area contributed by atoms with Crippen LogP contribution in [0.2, 0.25) is 0 Å². The fourth-order valence-electron chi connectivity index (χ4n) is 1.25. The number of oxime groups is 2. The van der Waals surface area contributed by atoms with E-state index >= 15 is 0 Å². The highest BCUT2D eigenvalue weighted by Gasteiger charge is 2.46. The van der Waals surface area contributed by atoms with E-state index in [1.807, 2.05) is 20.8 Å². The van der Waals surface area contributed by atoms with Crippen LogP contribution in [0.4, 0.5) is 0 Å². The van der Waals surface area contributed by atoms with Gasteiger partial charge >= 0.3 is 5.97 Å². The molecule has 1 aliphatic heterocycles. The van der Waals surface area contributed by atoms with Crippen molar-refractivity contribution in [3.63, 3.8) is 0 Å². The lowest BCUT2D eigenvalue weighted by atomic mass is 9.84. The third-order valence-electron chi connectivity index (χ3n) is 2.40. The Morgan fingerprint density at radius 2 is 2.25 bits per heavy atom. The average Bonchev–Trinajstić information content (AvgIpc) is 2.58. The third-order valence-corrected chi connectivity index (χ3v) is 2.40. The maximum Gasteiger partial charge on any atom is 0.381 e. The molecule has 0 spiro atoms. The van der Waals surface area contributed by atoms with E-state index in [-0.39, 0.29) is 5.41 Å². The van der Waals surface area contributed by atoms with Crippen LogP contribution in [0.15, 0.2) is 10.3 Å². The van der Waals surface area contributed by atoms with Gasteiger partial charge in [-0.05, 0) is 13.8 Å². The van der Waals surface area contributed by atoms with Gasteiger partial charge in [0.1, 0.15) is 0 Å². The van der Waals surface area contributed by atoms with Crippen LogP contribution in [-0.4, -0.2) is 23.5 Å². The molecule has 16 heavy (non-hydrogen) atoms. The Morgan fingerprint density at radius 3 is 2.69 bits per heavy atom. The molecule has 0 aromatic rings. The molecule has 0 aliphatic carbocycles. The first-order valence-corrected chi connectivity index (χ1v) is 5.24. The molecule has 0 radical (unpaired) electrons. The SMILES string of the molecule is C/C=N/OC(=O)C1(C)CC(C(C)(C)C)=NO1. The summed E-state index contributed by atoms with van der Waals surface area (Å²) in [5.74, 6) is -0.520. The van der Waals surface area contributed by atoms with Gasteiger partial charge in [0.25, 0.3) is 0 Å². The smallest absolute Gasteiger partial charge is 0.377 e. The second-order valence-corrected chi connectivity index (χ2v) is 5.03. The van der Waals surface area contributed by atoms with Gasteiger partial charge in [-0.25, -0.2) is 4.79 Å². The normalized spacial score (nSPS) is 25.4. The third kappa shape index (κ3) is 2.59. The van der Waals surface area contributed by atoms with E-state index in [2.05, 4.69) is 15.1 Å². The Balaban J connectivity index is 2.69. The highest BCUT2D eigenvalue weighted by molar-refractivity contribution is 5.96. The summed E-state index contributed by atoms with van der Waals surface area (Å²) in [6.07, 6.45) is 1.84. The van der Waals surface area contributed by atoms with E-state index in [0.717, 1.165) is 5.71 Å². The average molecular weight is 226 g/mol. The lowest BCUT2D eigenvalue weighted by Crippen LogP contribution is -2.37. The minimum Gasteiger partial charge on any atom is -0.377 e. The quantitative estimate of drug-likeness (QED) is 0.411. The van der Waals surface area contributed by atoms with Gasteiger partial charge < -0.3 is 9.68 Å². The summed E-state index contributed by atoms with van der Waals surface area (Å²) in [7, 11) is 0. The maximum absolute atomic E-state index is 11.7. The number of carbonyl (C=O) groups excluding carboxylic acids is 1. The molecule has 0 aromatic carbocycles. The number of nitrogens with zero attached hydrogens (tertiary/aromatic N) is 2. The highest BCUT2D eigenvalue weighted by atomic mass is 16.7. The molecular weight excluding hydrogens is 208 g/mol. The zero-order valence-electron chi connectivity index (χ0n) is 10.4. The number of rotatable bonds is 2. The summed E-state index contributed by atoms with van der Waals surface area (Å²) in [4.78, 5) is 21.5. The van der Waals surface area contributed by atoms with Crippen LogP contribution in [0.1, 0.15) is 41.0 Å². The van der Waals surface area contributed by atoms with E-state index in [1.54, 1.807) is 13.8 Å². The predicted octanol–water partition coefficient (Wildman–Crippen LogP) is 2.12. The van der Waals surface area contributed by atoms with Gasteiger partial charge in [0, 0.05) is 18.1 Å². The van der Waals surface area contributed by atoms with E-state index in [1.165, 1.54) is 6.21 Å². The molecule has 0 N–H and O–H groups in total. The van der Waals surface area contributed by atoms with Crippen molar-refractivity contribution in [2.45, 2.75) is 46.6 Å². The van der Waals surface area contributed by atoms with Crippen molar-refractivity contribution in [2.24, 2.45) is 15.7 Å². The summed E-state index contributed by atoms with van der Waals surface area (Å²) in [6, 6.07) is 0. The first-order valence-electron chi connectivity index (χ1n) is 5.24. The van der Waals surface area contributed by atoms with Crippen LogP contribution in [0.3, 0.4) is 0 Å². The van der Waals surface area contributed by atoms with E-state index in [4.69, 9.17) is 4.84 Å². The molecule has 1 heterocycles. The monoisotopic (exact) mass is 226 g/mol. The molecule has 1 rings (SSSR count). The first-order chi connectivity index (χ1) is 7.29. The van der Waals surface area contributed by atoms with Crippen LogP contribution >= 0.6 is 0 Å². The van der Waals surface area contributed by atoms with Gasteiger partial charge in [-0.1, -0.05) is 31.1 Å². The summed E-state index contributed by atoms with van der Waals surface area (Å²) in [5.41, 5.74) is -0.297. The minimum atomic E-state index is -1.05. The van der Waals surface area contributed by atoms with Crippen molar-refractivity contribution < 1.29 is 14.5 Å². The van der Waals surface area contributed by atoms with Crippen LogP contribution in [0.5, 0.6) is 0 Å². The van der Waals surface area contributed by atoms with Crippen LogP contribution in [0, 0.1) is 5.41 Å². The van der Waals surface area contributed by atoms with Crippen molar-refractivity contribution in [3.8, 4) is 0 Å². The Bertz CT molecular complexity index is 342. The molecule has 5 heteroatoms. The van der Waals surface area contributed by atoms with Gasteiger partial charge in [0.15, 0.2) is 0 Å². The number of carbonyl (C=O) groups is 1. The van der Waals surface area contributed by atoms with Gasteiger partial charge in [-0.15, -0.1) is 0 Å². The van der Waals surface area contributed by atoms with E-state index in [9.17, 15) is 4.79 Å². The molecule has 1 aliphatic rings. The second kappa shape index (κ2) is 4.23. The Morgan fingerprint density at radius 1 is 1.62 bits per heavy atom. The minimum absolute atomic E-state index is 0.105. The largest absolute Gasteiger partial charge is 0.381 e. The topological polar surface area (TPSA) is 60.2 Å². The molecular formula is C11H18N2O3. The Labute approximate surface area is 95.5 Å². The Kier molecular flexibility index (Phi) is 3.35. The standard InChI is InChI=1S/C11H18N2O3/c1-6-12-15-9(14)11(5)7-8(13-16-11)10(2,3)4/h6H,7H2,1-5H3/b12-6+. The van der Waals surface area contributed by atoms with Crippen molar-refractivity contribution in [2.75, 3.05) is 0 Å². The molecule has 0 bridgehead atoms. The fourth-order valence-corrected chi connectivity index (χ4v) is 1.25. The lowest BCUT2D eigenvalue weighted by molar-refractivity contribution is -0.167. The van der Waals surface area contributed by atoms with E-state index < -0.39 is 11.6 Å². The summed E-state index contributed by atoms with van der Waals surface area (Å²) < 4.78 is 0. The molecule has 90 valence electrons. The molecule has 0 saturated carbocycles. The molecule has 1 atom stereocenters. The van der Waals surface area contributed by atoms with Crippen LogP contribution in [-0.2, 0) is 14.5 Å². The van der Waals surface area contributed by atoms with Gasteiger partial charge in [-0.3, -0.25) is 0 Å². The maximum atomic E-state index is 11.7.